The highest BCUT2D eigenvalue weighted by atomic mass is 16.6. The molecule has 0 aliphatic carbocycles. The Morgan fingerprint density at radius 3 is 2.50 bits per heavy atom. The maximum absolute atomic E-state index is 12.9. The summed E-state index contributed by atoms with van der Waals surface area (Å²) in [7, 11) is 2.07. The van der Waals surface area contributed by atoms with Crippen LogP contribution in [-0.2, 0) is 16.1 Å². The van der Waals surface area contributed by atoms with Crippen molar-refractivity contribution in [3.05, 3.63) is 35.9 Å². The Hall–Kier alpha value is -2.12. The third kappa shape index (κ3) is 4.16. The molecule has 1 atom stereocenters. The highest BCUT2D eigenvalue weighted by molar-refractivity contribution is 5.89. The number of likely N-dealkylation sites (N-methyl/N-ethyl adjacent to an activating group) is 1. The molecule has 2 saturated heterocycles. The van der Waals surface area contributed by atoms with Crippen molar-refractivity contribution >= 4 is 12.0 Å². The van der Waals surface area contributed by atoms with Gasteiger partial charge in [-0.25, -0.2) is 9.80 Å². The second-order valence-electron chi connectivity index (χ2n) is 7.30. The van der Waals surface area contributed by atoms with Crippen molar-refractivity contribution in [3.8, 4) is 0 Å². The minimum atomic E-state index is -0.864. The van der Waals surface area contributed by atoms with E-state index in [1.54, 1.807) is 4.90 Å². The van der Waals surface area contributed by atoms with Gasteiger partial charge in [0.2, 0.25) is 0 Å². The zero-order chi connectivity index (χ0) is 18.6. The predicted octanol–water partition coefficient (Wildman–Crippen LogP) is 1.46. The van der Waals surface area contributed by atoms with Crippen LogP contribution in [0.5, 0.6) is 0 Å². The summed E-state index contributed by atoms with van der Waals surface area (Å²) in [5.74, 6) is -0.129. The first-order valence-electron chi connectivity index (χ1n) is 9.22. The van der Waals surface area contributed by atoms with Crippen molar-refractivity contribution in [2.45, 2.75) is 31.9 Å². The van der Waals surface area contributed by atoms with Crippen molar-refractivity contribution in [2.75, 3.05) is 39.8 Å². The number of carbonyl (C=O) groups excluding carboxylic acids is 2. The standard InChI is InChI=1S/C19H28N4O3/c1-19(17(24)20-22-13-11-21(2)12-14-22)9-6-10-23(19)18(25)26-15-16-7-4-3-5-8-16/h3-5,7-8H,6,9-15H2,1-2H3,(H,20,24). The average Bonchev–Trinajstić information content (AvgIpc) is 3.05. The highest BCUT2D eigenvalue weighted by Gasteiger charge is 2.47. The Morgan fingerprint density at radius 2 is 1.81 bits per heavy atom. The number of carbonyl (C=O) groups is 2. The molecule has 0 radical (unpaired) electrons. The van der Waals surface area contributed by atoms with E-state index in [1.165, 1.54) is 0 Å². The fourth-order valence-electron chi connectivity index (χ4n) is 3.47. The summed E-state index contributed by atoms with van der Waals surface area (Å²) in [6.45, 7) is 6.00. The molecule has 2 heterocycles. The van der Waals surface area contributed by atoms with Gasteiger partial charge in [0.15, 0.2) is 0 Å². The van der Waals surface area contributed by atoms with Gasteiger partial charge in [0.05, 0.1) is 0 Å². The number of likely N-dealkylation sites (tertiary alicyclic amines) is 1. The van der Waals surface area contributed by atoms with Gasteiger partial charge in [-0.3, -0.25) is 15.1 Å². The molecule has 1 N–H and O–H groups in total. The molecule has 0 spiro atoms. The van der Waals surface area contributed by atoms with E-state index < -0.39 is 11.6 Å². The lowest BCUT2D eigenvalue weighted by atomic mass is 9.98. The third-order valence-corrected chi connectivity index (χ3v) is 5.32. The van der Waals surface area contributed by atoms with Crippen LogP contribution in [0.1, 0.15) is 25.3 Å². The summed E-state index contributed by atoms with van der Waals surface area (Å²) in [4.78, 5) is 29.3. The van der Waals surface area contributed by atoms with Gasteiger partial charge in [0, 0.05) is 32.7 Å². The molecule has 2 amide bonds. The second kappa shape index (κ2) is 8.05. The van der Waals surface area contributed by atoms with Gasteiger partial charge in [-0.2, -0.15) is 0 Å². The molecule has 7 heteroatoms. The minimum absolute atomic E-state index is 0.129. The zero-order valence-corrected chi connectivity index (χ0v) is 15.6. The lowest BCUT2D eigenvalue weighted by Crippen LogP contribution is -2.61. The monoisotopic (exact) mass is 360 g/mol. The van der Waals surface area contributed by atoms with Crippen LogP contribution in [0.15, 0.2) is 30.3 Å². The summed E-state index contributed by atoms with van der Waals surface area (Å²) < 4.78 is 5.45. The van der Waals surface area contributed by atoms with E-state index in [-0.39, 0.29) is 12.5 Å². The average molecular weight is 360 g/mol. The molecule has 1 unspecified atom stereocenters. The van der Waals surface area contributed by atoms with Crippen molar-refractivity contribution in [3.63, 3.8) is 0 Å². The van der Waals surface area contributed by atoms with E-state index in [0.717, 1.165) is 38.2 Å². The van der Waals surface area contributed by atoms with E-state index in [9.17, 15) is 9.59 Å². The van der Waals surface area contributed by atoms with Crippen LogP contribution >= 0.6 is 0 Å². The number of nitrogens with one attached hydrogen (secondary N) is 1. The van der Waals surface area contributed by atoms with E-state index >= 15 is 0 Å². The SMILES string of the molecule is CN1CCN(NC(=O)C2(C)CCCN2C(=O)OCc2ccccc2)CC1. The topological polar surface area (TPSA) is 65.1 Å². The molecule has 1 aromatic carbocycles. The van der Waals surface area contributed by atoms with Crippen molar-refractivity contribution in [1.82, 2.24) is 20.2 Å². The lowest BCUT2D eigenvalue weighted by Gasteiger charge is -2.37. The molecule has 1 aromatic rings. The number of hydrazine groups is 1. The number of nitrogens with zero attached hydrogens (tertiary/aromatic N) is 3. The van der Waals surface area contributed by atoms with Crippen LogP contribution in [0.25, 0.3) is 0 Å². The number of hydrogen-bond acceptors (Lipinski definition) is 5. The van der Waals surface area contributed by atoms with E-state index in [1.807, 2.05) is 42.3 Å². The first-order valence-corrected chi connectivity index (χ1v) is 9.22. The predicted molar refractivity (Wildman–Crippen MR) is 98.2 cm³/mol. The number of hydrogen-bond donors (Lipinski definition) is 1. The largest absolute Gasteiger partial charge is 0.445 e. The quantitative estimate of drug-likeness (QED) is 0.881. The third-order valence-electron chi connectivity index (χ3n) is 5.32. The minimum Gasteiger partial charge on any atom is -0.445 e. The Bertz CT molecular complexity index is 631. The van der Waals surface area contributed by atoms with Gasteiger partial charge < -0.3 is 9.64 Å². The van der Waals surface area contributed by atoms with Gasteiger partial charge in [-0.1, -0.05) is 30.3 Å². The Labute approximate surface area is 154 Å². The van der Waals surface area contributed by atoms with Crippen LogP contribution in [0.4, 0.5) is 4.79 Å². The van der Waals surface area contributed by atoms with Gasteiger partial charge in [-0.05, 0) is 32.4 Å². The van der Waals surface area contributed by atoms with Crippen LogP contribution < -0.4 is 5.43 Å². The zero-order valence-electron chi connectivity index (χ0n) is 15.6. The van der Waals surface area contributed by atoms with E-state index in [4.69, 9.17) is 4.74 Å². The van der Waals surface area contributed by atoms with Crippen LogP contribution in [0, 0.1) is 0 Å². The summed E-state index contributed by atoms with van der Waals surface area (Å²) in [5.41, 5.74) is 3.07. The van der Waals surface area contributed by atoms with Crippen molar-refractivity contribution < 1.29 is 14.3 Å². The number of rotatable bonds is 4. The smallest absolute Gasteiger partial charge is 0.410 e. The van der Waals surface area contributed by atoms with Gasteiger partial charge in [-0.15, -0.1) is 0 Å². The van der Waals surface area contributed by atoms with E-state index in [2.05, 4.69) is 17.4 Å². The molecule has 3 rings (SSSR count). The Balaban J connectivity index is 1.58. The first kappa shape index (κ1) is 18.7. The molecular weight excluding hydrogens is 332 g/mol. The first-order chi connectivity index (χ1) is 12.5. The molecular formula is C19H28N4O3. The summed E-state index contributed by atoms with van der Waals surface area (Å²) >= 11 is 0. The highest BCUT2D eigenvalue weighted by Crippen LogP contribution is 2.30. The molecule has 2 aliphatic heterocycles. The van der Waals surface area contributed by atoms with Crippen molar-refractivity contribution in [1.29, 1.82) is 0 Å². The lowest BCUT2D eigenvalue weighted by molar-refractivity contribution is -0.136. The number of benzene rings is 1. The maximum Gasteiger partial charge on any atom is 0.410 e. The van der Waals surface area contributed by atoms with E-state index in [0.29, 0.717) is 13.0 Å². The summed E-state index contributed by atoms with van der Waals surface area (Å²) in [6.07, 6.45) is 1.02. The van der Waals surface area contributed by atoms with Crippen LogP contribution in [0.2, 0.25) is 0 Å². The van der Waals surface area contributed by atoms with Gasteiger partial charge in [0.25, 0.3) is 5.91 Å². The molecule has 2 aliphatic rings. The number of piperazine rings is 1. The maximum atomic E-state index is 12.9. The molecule has 26 heavy (non-hydrogen) atoms. The normalized spacial score (nSPS) is 24.5. The molecule has 142 valence electrons. The van der Waals surface area contributed by atoms with Gasteiger partial charge in [0.1, 0.15) is 12.1 Å². The second-order valence-corrected chi connectivity index (χ2v) is 7.30. The Kier molecular flexibility index (Phi) is 5.78. The number of ether oxygens (including phenoxy) is 1. The van der Waals surface area contributed by atoms with Crippen molar-refractivity contribution in [2.24, 2.45) is 0 Å². The van der Waals surface area contributed by atoms with Gasteiger partial charge >= 0.3 is 6.09 Å². The molecule has 2 fully saturated rings. The molecule has 0 saturated carbocycles. The Morgan fingerprint density at radius 1 is 1.12 bits per heavy atom. The molecule has 0 bridgehead atoms. The molecule has 0 aromatic heterocycles. The molecule has 7 nitrogen and oxygen atoms in total. The number of amides is 2. The fraction of sp³-hybridized carbons (Fsp3) is 0.579. The van der Waals surface area contributed by atoms with Crippen LogP contribution in [-0.4, -0.2) is 72.1 Å². The fourth-order valence-corrected chi connectivity index (χ4v) is 3.47. The summed E-state index contributed by atoms with van der Waals surface area (Å²) in [6, 6.07) is 9.57. The van der Waals surface area contributed by atoms with Crippen LogP contribution in [0.3, 0.4) is 0 Å². The summed E-state index contributed by atoms with van der Waals surface area (Å²) in [5, 5.41) is 1.94.